The summed E-state index contributed by atoms with van der Waals surface area (Å²) in [6, 6.07) is 8.82. The predicted molar refractivity (Wildman–Crippen MR) is 131 cm³/mol. The van der Waals surface area contributed by atoms with Crippen molar-refractivity contribution in [1.82, 2.24) is 14.8 Å². The molecule has 0 fully saturated rings. The van der Waals surface area contributed by atoms with Gasteiger partial charge in [-0.05, 0) is 73.1 Å². The monoisotopic (exact) mass is 542 g/mol. The van der Waals surface area contributed by atoms with Gasteiger partial charge in [-0.25, -0.2) is 9.67 Å². The van der Waals surface area contributed by atoms with E-state index >= 15 is 0 Å². The zero-order chi connectivity index (χ0) is 25.0. The molecule has 0 bridgehead atoms. The second kappa shape index (κ2) is 13.7. The Hall–Kier alpha value is -2.78. The number of aromatic nitrogens is 3. The molecule has 2 aromatic heterocycles. The van der Waals surface area contributed by atoms with Crippen LogP contribution in [-0.4, -0.2) is 26.2 Å². The SMILES string of the molecule is C/C=C\C.CC.Cc1ccnn1-c1ncc(C(=O)Nc2ccc(OC(F)(F)Cl)cc2)cc1Br. The van der Waals surface area contributed by atoms with E-state index in [1.807, 2.05) is 52.8 Å². The molecular weight excluding hydrogens is 518 g/mol. The molecule has 3 aromatic rings. The average Bonchev–Trinajstić information content (AvgIpc) is 3.21. The molecule has 178 valence electrons. The molecule has 0 spiro atoms. The fourth-order valence-electron chi connectivity index (χ4n) is 2.25. The van der Waals surface area contributed by atoms with Gasteiger partial charge < -0.3 is 10.1 Å². The smallest absolute Gasteiger partial charge is 0.420 e. The number of ether oxygens (including phenoxy) is 1. The molecule has 0 saturated carbocycles. The van der Waals surface area contributed by atoms with E-state index < -0.39 is 11.5 Å². The van der Waals surface area contributed by atoms with Crippen molar-refractivity contribution in [3.05, 3.63) is 76.7 Å². The highest BCUT2D eigenvalue weighted by Crippen LogP contribution is 2.26. The molecule has 0 unspecified atom stereocenters. The standard InChI is InChI=1S/C17H12BrClF2N4O2.C4H8.C2H6/c1-10-6-7-23-25(10)15-14(18)8-11(9-22-15)16(26)24-12-2-4-13(5-3-12)27-17(19,20)21;1-3-4-2;1-2/h2-9H,1H3,(H,24,26);3-4H,1-2H3;1-2H3/b;4-3-;. The van der Waals surface area contributed by atoms with Crippen molar-refractivity contribution in [2.75, 3.05) is 5.32 Å². The molecule has 1 aromatic carbocycles. The first-order valence-corrected chi connectivity index (χ1v) is 11.2. The van der Waals surface area contributed by atoms with Gasteiger partial charge in [-0.2, -0.15) is 5.10 Å². The molecule has 10 heteroatoms. The number of anilines is 1. The van der Waals surface area contributed by atoms with Crippen LogP contribution in [0.5, 0.6) is 5.75 Å². The van der Waals surface area contributed by atoms with Crippen molar-refractivity contribution in [2.45, 2.75) is 40.2 Å². The number of allylic oxidation sites excluding steroid dienone is 2. The first kappa shape index (κ1) is 28.3. The zero-order valence-electron chi connectivity index (χ0n) is 18.9. The van der Waals surface area contributed by atoms with Crippen LogP contribution >= 0.6 is 27.5 Å². The van der Waals surface area contributed by atoms with Crippen molar-refractivity contribution in [3.63, 3.8) is 0 Å². The lowest BCUT2D eigenvalue weighted by molar-refractivity contribution is -0.0964. The summed E-state index contributed by atoms with van der Waals surface area (Å²) in [5.74, 6) is 0.0113. The average molecular weight is 544 g/mol. The van der Waals surface area contributed by atoms with E-state index in [0.717, 1.165) is 5.69 Å². The Morgan fingerprint density at radius 2 is 1.79 bits per heavy atom. The highest BCUT2D eigenvalue weighted by atomic mass is 79.9. The molecule has 0 aliphatic rings. The Bertz CT molecular complexity index is 1050. The molecule has 0 aliphatic heterocycles. The maximum Gasteiger partial charge on any atom is 0.487 e. The lowest BCUT2D eigenvalue weighted by Crippen LogP contribution is -2.16. The van der Waals surface area contributed by atoms with Crippen LogP contribution in [0, 0.1) is 6.92 Å². The minimum absolute atomic E-state index is 0.128. The minimum atomic E-state index is -3.79. The largest absolute Gasteiger partial charge is 0.487 e. The van der Waals surface area contributed by atoms with Crippen LogP contribution < -0.4 is 10.1 Å². The number of hydrogen-bond donors (Lipinski definition) is 1. The number of nitrogens with one attached hydrogen (secondary N) is 1. The molecule has 33 heavy (non-hydrogen) atoms. The predicted octanol–water partition coefficient (Wildman–Crippen LogP) is 7.37. The lowest BCUT2D eigenvalue weighted by Gasteiger charge is -2.11. The fraction of sp³-hybridized carbons (Fsp3) is 0.261. The van der Waals surface area contributed by atoms with Crippen LogP contribution in [0.15, 0.2) is 65.4 Å². The highest BCUT2D eigenvalue weighted by molar-refractivity contribution is 9.10. The molecule has 0 aliphatic carbocycles. The topological polar surface area (TPSA) is 69.0 Å². The van der Waals surface area contributed by atoms with Crippen LogP contribution in [0.2, 0.25) is 0 Å². The second-order valence-corrected chi connectivity index (χ2v) is 7.40. The summed E-state index contributed by atoms with van der Waals surface area (Å²) in [5, 5.41) is 6.81. The van der Waals surface area contributed by atoms with Gasteiger partial charge in [0.15, 0.2) is 5.82 Å². The Balaban J connectivity index is 0.000000820. The van der Waals surface area contributed by atoms with E-state index in [2.05, 4.69) is 36.1 Å². The summed E-state index contributed by atoms with van der Waals surface area (Å²) in [4.78, 5) is 16.7. The number of alkyl halides is 3. The number of pyridine rings is 1. The third-order valence-corrected chi connectivity index (χ3v) is 4.46. The van der Waals surface area contributed by atoms with Gasteiger partial charge in [0.2, 0.25) is 0 Å². The van der Waals surface area contributed by atoms with Crippen LogP contribution in [0.25, 0.3) is 5.82 Å². The van der Waals surface area contributed by atoms with Crippen molar-refractivity contribution in [3.8, 4) is 11.6 Å². The molecule has 0 radical (unpaired) electrons. The van der Waals surface area contributed by atoms with Crippen LogP contribution in [0.1, 0.15) is 43.7 Å². The van der Waals surface area contributed by atoms with E-state index in [1.165, 1.54) is 30.5 Å². The Kier molecular flexibility index (Phi) is 11.7. The van der Waals surface area contributed by atoms with Crippen molar-refractivity contribution < 1.29 is 18.3 Å². The normalized spacial score (nSPS) is 10.6. The third kappa shape index (κ3) is 9.31. The van der Waals surface area contributed by atoms with E-state index in [4.69, 9.17) is 11.6 Å². The van der Waals surface area contributed by atoms with Crippen molar-refractivity contribution >= 4 is 39.1 Å². The number of amides is 1. The summed E-state index contributed by atoms with van der Waals surface area (Å²) in [5.41, 5.74) is -2.20. The number of halogens is 4. The van der Waals surface area contributed by atoms with Gasteiger partial charge in [-0.3, -0.25) is 4.79 Å². The van der Waals surface area contributed by atoms with E-state index in [0.29, 0.717) is 21.5 Å². The molecule has 3 rings (SSSR count). The van der Waals surface area contributed by atoms with Gasteiger partial charge in [-0.1, -0.05) is 26.0 Å². The van der Waals surface area contributed by atoms with Crippen LogP contribution in [0.4, 0.5) is 14.5 Å². The maximum absolute atomic E-state index is 12.6. The molecule has 1 amide bonds. The van der Waals surface area contributed by atoms with Gasteiger partial charge in [0.05, 0.1) is 10.0 Å². The molecule has 0 saturated heterocycles. The number of nitrogens with zero attached hydrogens (tertiary/aromatic N) is 3. The summed E-state index contributed by atoms with van der Waals surface area (Å²) < 4.78 is 31.6. The van der Waals surface area contributed by atoms with E-state index in [-0.39, 0.29) is 5.75 Å². The number of rotatable bonds is 5. The molecule has 1 N–H and O–H groups in total. The summed E-state index contributed by atoms with van der Waals surface area (Å²) in [7, 11) is 0. The molecule has 6 nitrogen and oxygen atoms in total. The molecule has 0 atom stereocenters. The van der Waals surface area contributed by atoms with E-state index in [9.17, 15) is 13.6 Å². The summed E-state index contributed by atoms with van der Waals surface area (Å²) in [6.07, 6.45) is 7.07. The van der Waals surface area contributed by atoms with Gasteiger partial charge in [0.1, 0.15) is 5.75 Å². The number of hydrogen-bond acceptors (Lipinski definition) is 4. The van der Waals surface area contributed by atoms with Crippen LogP contribution in [0.3, 0.4) is 0 Å². The van der Waals surface area contributed by atoms with Crippen molar-refractivity contribution in [1.29, 1.82) is 0 Å². The number of benzene rings is 1. The van der Waals surface area contributed by atoms with Gasteiger partial charge >= 0.3 is 5.57 Å². The minimum Gasteiger partial charge on any atom is -0.420 e. The molecular formula is C23H26BrClF2N4O2. The third-order valence-electron chi connectivity index (χ3n) is 3.80. The maximum atomic E-state index is 12.6. The fourth-order valence-corrected chi connectivity index (χ4v) is 2.85. The number of carbonyl (C=O) groups excluding carboxylic acids is 1. The Morgan fingerprint density at radius 3 is 2.24 bits per heavy atom. The zero-order valence-corrected chi connectivity index (χ0v) is 21.3. The van der Waals surface area contributed by atoms with Crippen LogP contribution in [-0.2, 0) is 0 Å². The summed E-state index contributed by atoms with van der Waals surface area (Å²) in [6.45, 7) is 9.88. The van der Waals surface area contributed by atoms with Gasteiger partial charge in [0.25, 0.3) is 5.91 Å². The first-order chi connectivity index (χ1) is 15.6. The lowest BCUT2D eigenvalue weighted by atomic mass is 10.2. The second-order valence-electron chi connectivity index (χ2n) is 6.11. The van der Waals surface area contributed by atoms with Crippen molar-refractivity contribution in [2.24, 2.45) is 0 Å². The number of carbonyl (C=O) groups is 1. The first-order valence-electron chi connectivity index (χ1n) is 10.1. The quantitative estimate of drug-likeness (QED) is 0.269. The number of aryl methyl sites for hydroxylation is 1. The molecule has 2 heterocycles. The van der Waals surface area contributed by atoms with Gasteiger partial charge in [0, 0.05) is 35.4 Å². The summed E-state index contributed by atoms with van der Waals surface area (Å²) >= 11 is 8.09. The van der Waals surface area contributed by atoms with E-state index in [1.54, 1.807) is 16.9 Å². The Morgan fingerprint density at radius 1 is 1.18 bits per heavy atom. The Labute approximate surface area is 205 Å². The van der Waals surface area contributed by atoms with Gasteiger partial charge in [-0.15, -0.1) is 8.78 Å². The highest BCUT2D eigenvalue weighted by Gasteiger charge is 2.27.